The summed E-state index contributed by atoms with van der Waals surface area (Å²) in [5, 5.41) is 9.30. The van der Waals surface area contributed by atoms with Crippen molar-refractivity contribution in [3.63, 3.8) is 0 Å². The highest BCUT2D eigenvalue weighted by Gasteiger charge is 2.24. The van der Waals surface area contributed by atoms with Crippen molar-refractivity contribution in [1.29, 1.82) is 0 Å². The van der Waals surface area contributed by atoms with Crippen LogP contribution in [0.25, 0.3) is 0 Å². The first kappa shape index (κ1) is 15.8. The topological polar surface area (TPSA) is 66.4 Å². The largest absolute Gasteiger partial charge is 0.392 e. The summed E-state index contributed by atoms with van der Waals surface area (Å²) in [6, 6.07) is 3.41. The normalized spacial score (nSPS) is 20.1. The minimum Gasteiger partial charge on any atom is -0.392 e. The number of thioether (sulfide) groups is 1. The van der Waals surface area contributed by atoms with Crippen molar-refractivity contribution >= 4 is 21.8 Å². The summed E-state index contributed by atoms with van der Waals surface area (Å²) in [5.74, 6) is 1.94. The third-order valence-electron chi connectivity index (χ3n) is 3.58. The van der Waals surface area contributed by atoms with E-state index in [2.05, 4.69) is 4.72 Å². The lowest BCUT2D eigenvalue weighted by Gasteiger charge is -2.23. The molecule has 20 heavy (non-hydrogen) atoms. The van der Waals surface area contributed by atoms with Gasteiger partial charge in [0.1, 0.15) is 0 Å². The molecule has 0 aromatic heterocycles. The number of aliphatic hydroxyl groups is 1. The lowest BCUT2D eigenvalue weighted by atomic mass is 10.1. The van der Waals surface area contributed by atoms with Gasteiger partial charge in [0.15, 0.2) is 0 Å². The highest BCUT2D eigenvalue weighted by molar-refractivity contribution is 7.99. The van der Waals surface area contributed by atoms with Gasteiger partial charge in [-0.15, -0.1) is 0 Å². The fourth-order valence-corrected chi connectivity index (χ4v) is 5.18. The minimum atomic E-state index is -3.51. The van der Waals surface area contributed by atoms with Crippen LogP contribution >= 0.6 is 11.8 Å². The van der Waals surface area contributed by atoms with Crippen molar-refractivity contribution in [3.8, 4) is 0 Å². The van der Waals surface area contributed by atoms with Crippen LogP contribution in [0.5, 0.6) is 0 Å². The number of aliphatic hydroxyl groups excluding tert-OH is 1. The van der Waals surface area contributed by atoms with Crippen LogP contribution in [0, 0.1) is 13.8 Å². The molecule has 1 atom stereocenters. The summed E-state index contributed by atoms with van der Waals surface area (Å²) in [5.41, 5.74) is 2.29. The number of aryl methyl sites for hydroxylation is 2. The Morgan fingerprint density at radius 3 is 2.70 bits per heavy atom. The monoisotopic (exact) mass is 315 g/mol. The Balaban J connectivity index is 2.28. The molecule has 1 fully saturated rings. The first-order chi connectivity index (χ1) is 9.44. The van der Waals surface area contributed by atoms with Crippen molar-refractivity contribution in [2.24, 2.45) is 0 Å². The SMILES string of the molecule is Cc1cc(C)c(S(=O)(=O)NC2CCCSC2)cc1CO. The Labute approximate surface area is 125 Å². The van der Waals surface area contributed by atoms with Crippen molar-refractivity contribution in [2.75, 3.05) is 11.5 Å². The molecular weight excluding hydrogens is 294 g/mol. The van der Waals surface area contributed by atoms with Crippen molar-refractivity contribution in [2.45, 2.75) is 44.2 Å². The van der Waals surface area contributed by atoms with Crippen molar-refractivity contribution in [3.05, 3.63) is 28.8 Å². The first-order valence-electron chi connectivity index (χ1n) is 6.75. The van der Waals surface area contributed by atoms with E-state index in [1.807, 2.05) is 13.0 Å². The van der Waals surface area contributed by atoms with Gasteiger partial charge in [0.2, 0.25) is 10.0 Å². The molecule has 4 nitrogen and oxygen atoms in total. The van der Waals surface area contributed by atoms with Crippen LogP contribution in [0.1, 0.15) is 29.5 Å². The van der Waals surface area contributed by atoms with E-state index in [9.17, 15) is 13.5 Å². The van der Waals surface area contributed by atoms with E-state index in [0.29, 0.717) is 5.56 Å². The maximum atomic E-state index is 12.5. The van der Waals surface area contributed by atoms with Crippen molar-refractivity contribution < 1.29 is 13.5 Å². The van der Waals surface area contributed by atoms with Crippen LogP contribution in [-0.2, 0) is 16.6 Å². The highest BCUT2D eigenvalue weighted by Crippen LogP contribution is 2.23. The third-order valence-corrected chi connectivity index (χ3v) is 6.45. The molecule has 112 valence electrons. The van der Waals surface area contributed by atoms with E-state index < -0.39 is 10.0 Å². The lowest BCUT2D eigenvalue weighted by Crippen LogP contribution is -2.38. The highest BCUT2D eigenvalue weighted by atomic mass is 32.2. The maximum absolute atomic E-state index is 12.5. The Hall–Kier alpha value is -0.560. The van der Waals surface area contributed by atoms with Gasteiger partial charge in [-0.3, -0.25) is 0 Å². The Morgan fingerprint density at radius 2 is 2.10 bits per heavy atom. The summed E-state index contributed by atoms with van der Waals surface area (Å²) < 4.78 is 27.8. The number of sulfonamides is 1. The second-order valence-electron chi connectivity index (χ2n) is 5.24. The summed E-state index contributed by atoms with van der Waals surface area (Å²) >= 11 is 1.79. The van der Waals surface area contributed by atoms with Gasteiger partial charge in [-0.2, -0.15) is 11.8 Å². The van der Waals surface area contributed by atoms with Crippen LogP contribution in [-0.4, -0.2) is 31.1 Å². The van der Waals surface area contributed by atoms with Gasteiger partial charge in [-0.1, -0.05) is 6.07 Å². The van der Waals surface area contributed by atoms with Gasteiger partial charge in [-0.25, -0.2) is 13.1 Å². The number of rotatable bonds is 4. The molecule has 0 bridgehead atoms. The molecule has 0 saturated carbocycles. The summed E-state index contributed by atoms with van der Waals surface area (Å²) in [7, 11) is -3.51. The van der Waals surface area contributed by atoms with Gasteiger partial charge < -0.3 is 5.11 Å². The van der Waals surface area contributed by atoms with Crippen molar-refractivity contribution in [1.82, 2.24) is 4.72 Å². The average Bonchev–Trinajstić information content (AvgIpc) is 2.39. The molecule has 1 aromatic carbocycles. The number of hydrogen-bond donors (Lipinski definition) is 2. The van der Waals surface area contributed by atoms with E-state index in [4.69, 9.17) is 0 Å². The zero-order chi connectivity index (χ0) is 14.8. The van der Waals surface area contributed by atoms with E-state index >= 15 is 0 Å². The fraction of sp³-hybridized carbons (Fsp3) is 0.571. The quantitative estimate of drug-likeness (QED) is 0.891. The molecule has 2 rings (SSSR count). The maximum Gasteiger partial charge on any atom is 0.241 e. The van der Waals surface area contributed by atoms with Crippen LogP contribution in [0.3, 0.4) is 0 Å². The second-order valence-corrected chi connectivity index (χ2v) is 8.07. The van der Waals surface area contributed by atoms with E-state index in [1.165, 1.54) is 0 Å². The molecule has 1 aliphatic rings. The Morgan fingerprint density at radius 1 is 1.35 bits per heavy atom. The third kappa shape index (κ3) is 3.55. The Bertz CT molecular complexity index is 578. The number of benzene rings is 1. The summed E-state index contributed by atoms with van der Waals surface area (Å²) in [4.78, 5) is 0.280. The molecule has 1 aromatic rings. The predicted octanol–water partition coefficient (Wildman–Crippen LogP) is 1.97. The van der Waals surface area contributed by atoms with Gasteiger partial charge >= 0.3 is 0 Å². The molecule has 0 aliphatic carbocycles. The van der Waals surface area contributed by atoms with Gasteiger partial charge in [0.25, 0.3) is 0 Å². The van der Waals surface area contributed by atoms with Gasteiger partial charge in [0, 0.05) is 11.8 Å². The lowest BCUT2D eigenvalue weighted by molar-refractivity contribution is 0.280. The molecular formula is C14H21NO3S2. The molecule has 0 radical (unpaired) electrons. The van der Waals surface area contributed by atoms with Crippen LogP contribution in [0.2, 0.25) is 0 Å². The van der Waals surface area contributed by atoms with E-state index in [1.54, 1.807) is 24.8 Å². The smallest absolute Gasteiger partial charge is 0.241 e. The zero-order valence-corrected chi connectivity index (χ0v) is 13.5. The van der Waals surface area contributed by atoms with Crippen LogP contribution in [0.4, 0.5) is 0 Å². The van der Waals surface area contributed by atoms with E-state index in [-0.39, 0.29) is 17.5 Å². The summed E-state index contributed by atoms with van der Waals surface area (Å²) in [6.07, 6.45) is 1.94. The minimum absolute atomic E-state index is 0.0111. The number of nitrogens with one attached hydrogen (secondary N) is 1. The zero-order valence-electron chi connectivity index (χ0n) is 11.8. The van der Waals surface area contributed by atoms with Crippen LogP contribution < -0.4 is 4.72 Å². The van der Waals surface area contributed by atoms with Gasteiger partial charge in [0.05, 0.1) is 11.5 Å². The molecule has 1 saturated heterocycles. The van der Waals surface area contributed by atoms with Crippen LogP contribution in [0.15, 0.2) is 17.0 Å². The van der Waals surface area contributed by atoms with Gasteiger partial charge in [-0.05, 0) is 55.2 Å². The number of hydrogen-bond acceptors (Lipinski definition) is 4. The van der Waals surface area contributed by atoms with E-state index in [0.717, 1.165) is 35.5 Å². The molecule has 6 heteroatoms. The molecule has 1 heterocycles. The average molecular weight is 315 g/mol. The predicted molar refractivity (Wildman–Crippen MR) is 82.5 cm³/mol. The molecule has 1 unspecified atom stereocenters. The standard InChI is InChI=1S/C14H21NO3S2/c1-10-6-11(2)14(7-12(10)8-16)20(17,18)15-13-4-3-5-19-9-13/h6-7,13,15-16H,3-5,8-9H2,1-2H3. The fourth-order valence-electron chi connectivity index (χ4n) is 2.45. The first-order valence-corrected chi connectivity index (χ1v) is 9.39. The summed E-state index contributed by atoms with van der Waals surface area (Å²) in [6.45, 7) is 3.52. The second kappa shape index (κ2) is 6.47. The molecule has 0 spiro atoms. The molecule has 2 N–H and O–H groups in total. The Kier molecular flexibility index (Phi) is 5.12. The molecule has 1 aliphatic heterocycles. The molecule has 0 amide bonds.